The minimum atomic E-state index is -0.205. The van der Waals surface area contributed by atoms with Crippen LogP contribution in [0.15, 0.2) is 0 Å². The molecule has 2 atom stereocenters. The summed E-state index contributed by atoms with van der Waals surface area (Å²) in [6.07, 6.45) is 12.1. The Morgan fingerprint density at radius 2 is 1.40 bits per heavy atom. The quantitative estimate of drug-likeness (QED) is 0.550. The van der Waals surface area contributed by atoms with E-state index < -0.39 is 0 Å². The van der Waals surface area contributed by atoms with Crippen LogP contribution >= 0.6 is 10.0 Å². The normalized spacial score (nSPS) is 46.9. The van der Waals surface area contributed by atoms with E-state index in [1.807, 2.05) is 0 Å². The molecular formula is C9H18S. The predicted molar refractivity (Wildman–Crippen MR) is 50.0 cm³/mol. The number of rotatable bonds is 1. The van der Waals surface area contributed by atoms with E-state index in [-0.39, 0.29) is 10.0 Å². The third-order valence-corrected chi connectivity index (χ3v) is 5.59. The molecule has 0 aromatic carbocycles. The highest BCUT2D eigenvalue weighted by molar-refractivity contribution is 8.32. The SMILES string of the molecule is CS(C)(C)C1CC2CC2C1. The Hall–Kier alpha value is 0.350. The van der Waals surface area contributed by atoms with E-state index >= 15 is 0 Å². The van der Waals surface area contributed by atoms with Crippen LogP contribution in [-0.2, 0) is 0 Å². The van der Waals surface area contributed by atoms with Crippen molar-refractivity contribution in [1.82, 2.24) is 0 Å². The zero-order chi connectivity index (χ0) is 7.35. The standard InChI is InChI=1S/C9H18S/c1-10(2,3)9-5-7-4-8(7)6-9/h7-9H,4-6H2,1-3H3. The van der Waals surface area contributed by atoms with Crippen LogP contribution in [0.3, 0.4) is 0 Å². The molecule has 0 aliphatic heterocycles. The maximum absolute atomic E-state index is 2.47. The van der Waals surface area contributed by atoms with Gasteiger partial charge >= 0.3 is 0 Å². The van der Waals surface area contributed by atoms with Crippen molar-refractivity contribution in [2.45, 2.75) is 24.5 Å². The number of hydrogen-bond donors (Lipinski definition) is 0. The molecule has 1 heteroatoms. The van der Waals surface area contributed by atoms with Crippen molar-refractivity contribution in [3.8, 4) is 0 Å². The van der Waals surface area contributed by atoms with Gasteiger partial charge in [0.15, 0.2) is 0 Å². The lowest BCUT2D eigenvalue weighted by molar-refractivity contribution is 0.746. The van der Waals surface area contributed by atoms with E-state index in [1.54, 1.807) is 19.3 Å². The molecule has 2 saturated carbocycles. The Morgan fingerprint density at radius 1 is 0.900 bits per heavy atom. The van der Waals surface area contributed by atoms with E-state index in [0.717, 1.165) is 5.25 Å². The molecule has 2 unspecified atom stereocenters. The Kier molecular flexibility index (Phi) is 1.36. The monoisotopic (exact) mass is 158 g/mol. The summed E-state index contributed by atoms with van der Waals surface area (Å²) in [7, 11) is -0.205. The van der Waals surface area contributed by atoms with Crippen molar-refractivity contribution in [2.24, 2.45) is 11.8 Å². The van der Waals surface area contributed by atoms with Gasteiger partial charge in [0.05, 0.1) is 0 Å². The average molecular weight is 158 g/mol. The lowest BCUT2D eigenvalue weighted by Gasteiger charge is -2.34. The highest BCUT2D eigenvalue weighted by Crippen LogP contribution is 2.61. The molecule has 0 saturated heterocycles. The van der Waals surface area contributed by atoms with E-state index in [1.165, 1.54) is 11.8 Å². The third kappa shape index (κ3) is 1.09. The predicted octanol–water partition coefficient (Wildman–Crippen LogP) is 2.48. The summed E-state index contributed by atoms with van der Waals surface area (Å²) in [5.41, 5.74) is 0. The van der Waals surface area contributed by atoms with Gasteiger partial charge in [0.25, 0.3) is 0 Å². The van der Waals surface area contributed by atoms with Gasteiger partial charge in [-0.25, -0.2) is 10.0 Å². The summed E-state index contributed by atoms with van der Waals surface area (Å²) >= 11 is 0. The third-order valence-electron chi connectivity index (χ3n) is 3.20. The van der Waals surface area contributed by atoms with Gasteiger partial charge in [0.1, 0.15) is 0 Å². The lowest BCUT2D eigenvalue weighted by atomic mass is 10.2. The van der Waals surface area contributed by atoms with Crippen LogP contribution in [0.4, 0.5) is 0 Å². The molecule has 0 aromatic heterocycles. The Balaban J connectivity index is 1.97. The van der Waals surface area contributed by atoms with Crippen LogP contribution in [-0.4, -0.2) is 24.0 Å². The van der Waals surface area contributed by atoms with Gasteiger partial charge in [-0.3, -0.25) is 0 Å². The summed E-state index contributed by atoms with van der Waals surface area (Å²) in [5, 5.41) is 1.12. The first kappa shape index (κ1) is 7.02. The van der Waals surface area contributed by atoms with Crippen molar-refractivity contribution >= 4 is 10.0 Å². The van der Waals surface area contributed by atoms with Crippen LogP contribution < -0.4 is 0 Å². The van der Waals surface area contributed by atoms with Crippen LogP contribution in [0.5, 0.6) is 0 Å². The molecule has 0 heterocycles. The van der Waals surface area contributed by atoms with Crippen LogP contribution in [0.2, 0.25) is 0 Å². The molecule has 0 nitrogen and oxygen atoms in total. The molecule has 0 N–H and O–H groups in total. The molecule has 60 valence electrons. The van der Waals surface area contributed by atoms with Gasteiger partial charge in [0.2, 0.25) is 0 Å². The first-order chi connectivity index (χ1) is 4.57. The largest absolute Gasteiger partial charge is 0.247 e. The van der Waals surface area contributed by atoms with Crippen LogP contribution in [0.1, 0.15) is 19.3 Å². The zero-order valence-corrected chi connectivity index (χ0v) is 8.08. The first-order valence-electron chi connectivity index (χ1n) is 4.24. The molecule has 2 aliphatic rings. The number of fused-ring (bicyclic) bond motifs is 1. The minimum Gasteiger partial charge on any atom is -0.247 e. The maximum atomic E-state index is 2.47. The first-order valence-corrected chi connectivity index (χ1v) is 7.16. The molecule has 0 bridgehead atoms. The Labute approximate surface area is 65.7 Å². The van der Waals surface area contributed by atoms with Crippen molar-refractivity contribution in [1.29, 1.82) is 0 Å². The van der Waals surface area contributed by atoms with Crippen LogP contribution in [0.25, 0.3) is 0 Å². The molecule has 0 spiro atoms. The highest BCUT2D eigenvalue weighted by Gasteiger charge is 2.47. The lowest BCUT2D eigenvalue weighted by Crippen LogP contribution is -2.12. The molecule has 2 rings (SSSR count). The van der Waals surface area contributed by atoms with Gasteiger partial charge in [-0.05, 0) is 55.1 Å². The van der Waals surface area contributed by atoms with Gasteiger partial charge in [-0.2, -0.15) is 0 Å². The summed E-state index contributed by atoms with van der Waals surface area (Å²) in [4.78, 5) is 0. The summed E-state index contributed by atoms with van der Waals surface area (Å²) < 4.78 is 0. The molecule has 2 aliphatic carbocycles. The van der Waals surface area contributed by atoms with Crippen molar-refractivity contribution < 1.29 is 0 Å². The fourth-order valence-corrected chi connectivity index (χ4v) is 3.89. The molecule has 2 fully saturated rings. The average Bonchev–Trinajstić information content (AvgIpc) is 2.38. The van der Waals surface area contributed by atoms with Gasteiger partial charge in [-0.1, -0.05) is 0 Å². The van der Waals surface area contributed by atoms with E-state index in [4.69, 9.17) is 0 Å². The molecule has 10 heavy (non-hydrogen) atoms. The summed E-state index contributed by atoms with van der Waals surface area (Å²) in [5.74, 6) is 2.36. The molecular weight excluding hydrogens is 140 g/mol. The topological polar surface area (TPSA) is 0 Å². The van der Waals surface area contributed by atoms with Crippen LogP contribution in [0, 0.1) is 11.8 Å². The van der Waals surface area contributed by atoms with Crippen molar-refractivity contribution in [3.05, 3.63) is 0 Å². The minimum absolute atomic E-state index is 0.205. The number of hydrogen-bond acceptors (Lipinski definition) is 0. The van der Waals surface area contributed by atoms with Crippen molar-refractivity contribution in [3.63, 3.8) is 0 Å². The molecule has 0 radical (unpaired) electrons. The molecule has 0 aromatic rings. The van der Waals surface area contributed by atoms with E-state index in [2.05, 4.69) is 18.8 Å². The zero-order valence-electron chi connectivity index (χ0n) is 7.26. The Morgan fingerprint density at radius 3 is 1.70 bits per heavy atom. The summed E-state index contributed by atoms with van der Waals surface area (Å²) in [6, 6.07) is 0. The second-order valence-corrected chi connectivity index (χ2v) is 9.31. The van der Waals surface area contributed by atoms with E-state index in [0.29, 0.717) is 0 Å². The highest BCUT2D eigenvalue weighted by atomic mass is 32.3. The second kappa shape index (κ2) is 1.94. The molecule has 0 amide bonds. The smallest absolute Gasteiger partial charge is 0.0114 e. The second-order valence-electron chi connectivity index (χ2n) is 4.78. The summed E-state index contributed by atoms with van der Waals surface area (Å²) in [6.45, 7) is 0. The Bertz CT molecular complexity index is 135. The van der Waals surface area contributed by atoms with Gasteiger partial charge in [0, 0.05) is 0 Å². The fraction of sp³-hybridized carbons (Fsp3) is 1.00. The van der Waals surface area contributed by atoms with E-state index in [9.17, 15) is 0 Å². The van der Waals surface area contributed by atoms with Gasteiger partial charge in [-0.15, -0.1) is 0 Å². The maximum Gasteiger partial charge on any atom is -0.0114 e. The fourth-order valence-electron chi connectivity index (χ4n) is 2.24. The van der Waals surface area contributed by atoms with Crippen molar-refractivity contribution in [2.75, 3.05) is 18.8 Å². The van der Waals surface area contributed by atoms with Gasteiger partial charge < -0.3 is 0 Å².